The van der Waals surface area contributed by atoms with Crippen LogP contribution in [-0.2, 0) is 9.59 Å². The number of hydrogen-bond donors (Lipinski definition) is 1. The lowest BCUT2D eigenvalue weighted by Crippen LogP contribution is -2.55. The summed E-state index contributed by atoms with van der Waals surface area (Å²) in [4.78, 5) is 43.0. The monoisotopic (exact) mass is 348 g/mol. The molecule has 7 heteroatoms. The Hall–Kier alpha value is -1.63. The zero-order valence-corrected chi connectivity index (χ0v) is 15.0. The third kappa shape index (κ3) is 2.92. The summed E-state index contributed by atoms with van der Waals surface area (Å²) in [5.41, 5.74) is -0.681. The van der Waals surface area contributed by atoms with E-state index in [4.69, 9.17) is 0 Å². The second-order valence-electron chi connectivity index (χ2n) is 8.14. The first-order valence-corrected chi connectivity index (χ1v) is 9.66. The van der Waals surface area contributed by atoms with Crippen LogP contribution in [0.15, 0.2) is 0 Å². The van der Waals surface area contributed by atoms with Gasteiger partial charge in [0.15, 0.2) is 0 Å². The lowest BCUT2D eigenvalue weighted by Gasteiger charge is -2.38. The van der Waals surface area contributed by atoms with Crippen LogP contribution in [0.5, 0.6) is 0 Å². The van der Waals surface area contributed by atoms with Crippen molar-refractivity contribution in [3.05, 3.63) is 0 Å². The number of imide groups is 1. The summed E-state index contributed by atoms with van der Waals surface area (Å²) in [7, 11) is 0. The highest BCUT2D eigenvalue weighted by molar-refractivity contribution is 6.07. The number of carbonyl (C=O) groups excluding carboxylic acids is 3. The van der Waals surface area contributed by atoms with Crippen LogP contribution < -0.4 is 5.32 Å². The van der Waals surface area contributed by atoms with Crippen molar-refractivity contribution in [1.29, 1.82) is 0 Å². The van der Waals surface area contributed by atoms with Crippen molar-refractivity contribution < 1.29 is 14.4 Å². The SMILES string of the molecule is C[C@@H]1CCCC[C@@]12NC(=O)N(CN1CCN(C(=O)C3CC3)CC1)C2=O. The molecule has 2 aliphatic carbocycles. The van der Waals surface area contributed by atoms with Crippen molar-refractivity contribution in [1.82, 2.24) is 20.0 Å². The van der Waals surface area contributed by atoms with Gasteiger partial charge in [-0.05, 0) is 31.6 Å². The Kier molecular flexibility index (Phi) is 4.22. The fraction of sp³-hybridized carbons (Fsp3) is 0.833. The molecule has 0 unspecified atom stereocenters. The van der Waals surface area contributed by atoms with Gasteiger partial charge in [-0.1, -0.05) is 19.8 Å². The summed E-state index contributed by atoms with van der Waals surface area (Å²) in [6, 6.07) is -0.254. The molecule has 2 atom stereocenters. The minimum absolute atomic E-state index is 0.0545. The minimum Gasteiger partial charge on any atom is -0.340 e. The third-order valence-corrected chi connectivity index (χ3v) is 6.45. The van der Waals surface area contributed by atoms with E-state index in [9.17, 15) is 14.4 Å². The van der Waals surface area contributed by atoms with Crippen molar-refractivity contribution >= 4 is 17.8 Å². The fourth-order valence-electron chi connectivity index (χ4n) is 4.52. The smallest absolute Gasteiger partial charge is 0.326 e. The highest BCUT2D eigenvalue weighted by atomic mass is 16.2. The Labute approximate surface area is 148 Å². The molecule has 2 aliphatic heterocycles. The van der Waals surface area contributed by atoms with Crippen molar-refractivity contribution in [2.45, 2.75) is 51.0 Å². The molecule has 2 saturated carbocycles. The molecule has 0 radical (unpaired) electrons. The summed E-state index contributed by atoms with van der Waals surface area (Å²) in [6.07, 6.45) is 5.92. The Balaban J connectivity index is 1.36. The van der Waals surface area contributed by atoms with E-state index in [0.717, 1.165) is 51.6 Å². The van der Waals surface area contributed by atoms with Gasteiger partial charge in [-0.2, -0.15) is 0 Å². The van der Waals surface area contributed by atoms with Crippen molar-refractivity contribution in [3.63, 3.8) is 0 Å². The van der Waals surface area contributed by atoms with Crippen LogP contribution in [0.3, 0.4) is 0 Å². The zero-order chi connectivity index (χ0) is 17.6. The van der Waals surface area contributed by atoms with Crippen LogP contribution in [-0.4, -0.2) is 70.9 Å². The molecule has 0 aromatic heterocycles. The summed E-state index contributed by atoms with van der Waals surface area (Å²) in [5.74, 6) is 0.673. The molecule has 4 amide bonds. The number of hydrogen-bond acceptors (Lipinski definition) is 4. The second-order valence-corrected chi connectivity index (χ2v) is 8.14. The average Bonchev–Trinajstić information content (AvgIpc) is 3.43. The molecule has 4 fully saturated rings. The van der Waals surface area contributed by atoms with Gasteiger partial charge in [0.05, 0.1) is 6.67 Å². The Morgan fingerprint density at radius 3 is 2.48 bits per heavy atom. The van der Waals surface area contributed by atoms with Crippen LogP contribution in [0.4, 0.5) is 4.79 Å². The maximum Gasteiger partial charge on any atom is 0.326 e. The summed E-state index contributed by atoms with van der Waals surface area (Å²) < 4.78 is 0. The van der Waals surface area contributed by atoms with Crippen molar-refractivity contribution in [2.24, 2.45) is 11.8 Å². The Morgan fingerprint density at radius 2 is 1.84 bits per heavy atom. The Morgan fingerprint density at radius 1 is 1.12 bits per heavy atom. The molecule has 0 aromatic carbocycles. The maximum atomic E-state index is 13.0. The minimum atomic E-state index is -0.681. The fourth-order valence-corrected chi connectivity index (χ4v) is 4.52. The van der Waals surface area contributed by atoms with E-state index in [1.54, 1.807) is 0 Å². The molecule has 4 rings (SSSR count). The van der Waals surface area contributed by atoms with Gasteiger partial charge in [-0.15, -0.1) is 0 Å². The first-order valence-electron chi connectivity index (χ1n) is 9.66. The molecule has 25 heavy (non-hydrogen) atoms. The number of nitrogens with one attached hydrogen (secondary N) is 1. The lowest BCUT2D eigenvalue weighted by atomic mass is 9.73. The topological polar surface area (TPSA) is 73.0 Å². The van der Waals surface area contributed by atoms with E-state index >= 15 is 0 Å². The average molecular weight is 348 g/mol. The van der Waals surface area contributed by atoms with Gasteiger partial charge >= 0.3 is 6.03 Å². The van der Waals surface area contributed by atoms with Gasteiger partial charge in [0.25, 0.3) is 5.91 Å². The molecular weight excluding hydrogens is 320 g/mol. The van der Waals surface area contributed by atoms with E-state index in [0.29, 0.717) is 19.8 Å². The molecule has 0 bridgehead atoms. The number of urea groups is 1. The largest absolute Gasteiger partial charge is 0.340 e. The van der Waals surface area contributed by atoms with Gasteiger partial charge in [-0.25, -0.2) is 9.69 Å². The maximum absolute atomic E-state index is 13.0. The van der Waals surface area contributed by atoms with Crippen LogP contribution >= 0.6 is 0 Å². The zero-order valence-electron chi connectivity index (χ0n) is 15.0. The van der Waals surface area contributed by atoms with Gasteiger partial charge in [-0.3, -0.25) is 14.5 Å². The lowest BCUT2D eigenvalue weighted by molar-refractivity contribution is -0.138. The first kappa shape index (κ1) is 16.8. The molecule has 138 valence electrons. The number of carbonyl (C=O) groups is 3. The summed E-state index contributed by atoms with van der Waals surface area (Å²) >= 11 is 0. The molecule has 7 nitrogen and oxygen atoms in total. The molecule has 2 saturated heterocycles. The van der Waals surface area contributed by atoms with Gasteiger partial charge in [0.2, 0.25) is 5.91 Å². The van der Waals surface area contributed by atoms with E-state index in [1.165, 1.54) is 4.90 Å². The summed E-state index contributed by atoms with van der Waals surface area (Å²) in [6.45, 7) is 5.24. The van der Waals surface area contributed by atoms with Crippen molar-refractivity contribution in [2.75, 3.05) is 32.8 Å². The Bertz CT molecular complexity index is 583. The molecule has 1 N–H and O–H groups in total. The van der Waals surface area contributed by atoms with E-state index in [2.05, 4.69) is 17.1 Å². The van der Waals surface area contributed by atoms with Crippen LogP contribution in [0.1, 0.15) is 45.4 Å². The van der Waals surface area contributed by atoms with E-state index in [-0.39, 0.29) is 29.7 Å². The van der Waals surface area contributed by atoms with Crippen LogP contribution in [0.2, 0.25) is 0 Å². The predicted molar refractivity (Wildman–Crippen MR) is 91.5 cm³/mol. The van der Waals surface area contributed by atoms with Crippen LogP contribution in [0.25, 0.3) is 0 Å². The molecule has 4 aliphatic rings. The first-order chi connectivity index (χ1) is 12.0. The van der Waals surface area contributed by atoms with Gasteiger partial charge < -0.3 is 10.2 Å². The molecule has 0 aromatic rings. The quantitative estimate of drug-likeness (QED) is 0.772. The van der Waals surface area contributed by atoms with Gasteiger partial charge in [0.1, 0.15) is 5.54 Å². The van der Waals surface area contributed by atoms with E-state index in [1.807, 2.05) is 4.90 Å². The standard InChI is InChI=1S/C18H28N4O3/c1-13-4-2-3-7-18(13)16(24)22(17(25)19-18)12-20-8-10-21(11-9-20)15(23)14-5-6-14/h13-14H,2-12H2,1H3,(H,19,25)/t13-,18-/m1/s1. The number of amides is 4. The molecular formula is C18H28N4O3. The highest BCUT2D eigenvalue weighted by Gasteiger charge is 2.55. The number of piperazine rings is 1. The number of nitrogens with zero attached hydrogens (tertiary/aromatic N) is 3. The second kappa shape index (κ2) is 6.27. The molecule has 2 heterocycles. The third-order valence-electron chi connectivity index (χ3n) is 6.45. The van der Waals surface area contributed by atoms with Crippen molar-refractivity contribution in [3.8, 4) is 0 Å². The highest BCUT2D eigenvalue weighted by Crippen LogP contribution is 2.38. The summed E-state index contributed by atoms with van der Waals surface area (Å²) in [5, 5.41) is 3.00. The van der Waals surface area contributed by atoms with Gasteiger partial charge in [0, 0.05) is 32.1 Å². The molecule has 1 spiro atoms. The van der Waals surface area contributed by atoms with Crippen LogP contribution in [0, 0.1) is 11.8 Å². The normalized spacial score (nSPS) is 33.9. The van der Waals surface area contributed by atoms with E-state index < -0.39 is 5.54 Å². The number of rotatable bonds is 3. The predicted octanol–water partition coefficient (Wildman–Crippen LogP) is 0.999.